The molecule has 1 saturated heterocycles. The second-order valence-electron chi connectivity index (χ2n) is 5.82. The number of morpholine rings is 1. The van der Waals surface area contributed by atoms with Crippen LogP contribution >= 0.6 is 0 Å². The van der Waals surface area contributed by atoms with E-state index in [0.717, 1.165) is 25.0 Å². The van der Waals surface area contributed by atoms with Gasteiger partial charge in [-0.3, -0.25) is 4.90 Å². The maximum atomic E-state index is 13.5. The number of halogens is 3. The molecule has 0 aromatic heterocycles. The topological polar surface area (TPSA) is 24.5 Å². The van der Waals surface area contributed by atoms with Crippen LogP contribution in [0.3, 0.4) is 0 Å². The van der Waals surface area contributed by atoms with Crippen LogP contribution in [0, 0.1) is 17.5 Å². The predicted octanol–water partition coefficient (Wildman–Crippen LogP) is 2.23. The van der Waals surface area contributed by atoms with Gasteiger partial charge in [-0.1, -0.05) is 0 Å². The van der Waals surface area contributed by atoms with Crippen molar-refractivity contribution < 1.29 is 17.9 Å². The minimum atomic E-state index is -1.43. The third kappa shape index (κ3) is 3.22. The molecule has 2 unspecified atom stereocenters. The largest absolute Gasteiger partial charge is 0.374 e. The first-order valence-electron chi connectivity index (χ1n) is 7.26. The van der Waals surface area contributed by atoms with E-state index >= 15 is 0 Å². The van der Waals surface area contributed by atoms with E-state index in [9.17, 15) is 13.2 Å². The van der Waals surface area contributed by atoms with Gasteiger partial charge < -0.3 is 10.1 Å². The van der Waals surface area contributed by atoms with Gasteiger partial charge in [-0.25, -0.2) is 13.2 Å². The highest BCUT2D eigenvalue weighted by atomic mass is 19.2. The number of nitrogens with zero attached hydrogens (tertiary/aromatic N) is 1. The molecule has 2 aliphatic rings. The number of likely N-dealkylation sites (N-methyl/N-ethyl adjacent to an activating group) is 1. The van der Waals surface area contributed by atoms with Gasteiger partial charge in [0, 0.05) is 19.1 Å². The van der Waals surface area contributed by atoms with Crippen molar-refractivity contribution in [2.45, 2.75) is 31.0 Å². The minimum Gasteiger partial charge on any atom is -0.374 e. The van der Waals surface area contributed by atoms with Crippen LogP contribution in [0.4, 0.5) is 13.2 Å². The van der Waals surface area contributed by atoms with Crippen LogP contribution in [-0.4, -0.2) is 43.8 Å². The zero-order valence-corrected chi connectivity index (χ0v) is 11.9. The van der Waals surface area contributed by atoms with E-state index in [4.69, 9.17) is 4.74 Å². The third-order valence-electron chi connectivity index (χ3n) is 4.14. The number of rotatable bonds is 4. The summed E-state index contributed by atoms with van der Waals surface area (Å²) in [5.41, 5.74) is 0.413. The fourth-order valence-corrected chi connectivity index (χ4v) is 2.82. The first-order chi connectivity index (χ1) is 10.1. The molecule has 1 N–H and O–H groups in total. The molecule has 6 heteroatoms. The number of hydrogen-bond donors (Lipinski definition) is 1. The Hall–Kier alpha value is -1.11. The van der Waals surface area contributed by atoms with Crippen molar-refractivity contribution in [2.24, 2.45) is 0 Å². The molecule has 116 valence electrons. The van der Waals surface area contributed by atoms with E-state index < -0.39 is 17.5 Å². The molecule has 0 bridgehead atoms. The Morgan fingerprint density at radius 3 is 2.52 bits per heavy atom. The maximum Gasteiger partial charge on any atom is 0.194 e. The van der Waals surface area contributed by atoms with Gasteiger partial charge in [0.2, 0.25) is 0 Å². The lowest BCUT2D eigenvalue weighted by Crippen LogP contribution is -2.47. The first kappa shape index (κ1) is 14.8. The predicted molar refractivity (Wildman–Crippen MR) is 72.5 cm³/mol. The summed E-state index contributed by atoms with van der Waals surface area (Å²) in [5.74, 6) is -3.73. The molecule has 1 aromatic carbocycles. The van der Waals surface area contributed by atoms with Crippen molar-refractivity contribution in [3.63, 3.8) is 0 Å². The lowest BCUT2D eigenvalue weighted by atomic mass is 9.98. The van der Waals surface area contributed by atoms with Crippen LogP contribution in [0.5, 0.6) is 0 Å². The molecular formula is C15H19F3N2O. The van der Waals surface area contributed by atoms with Gasteiger partial charge in [-0.15, -0.1) is 0 Å². The highest BCUT2D eigenvalue weighted by Crippen LogP contribution is 2.30. The lowest BCUT2D eigenvalue weighted by Gasteiger charge is -2.39. The summed E-state index contributed by atoms with van der Waals surface area (Å²) >= 11 is 0. The van der Waals surface area contributed by atoms with Gasteiger partial charge >= 0.3 is 0 Å². The fraction of sp³-hybridized carbons (Fsp3) is 0.600. The number of hydrogen-bond acceptors (Lipinski definition) is 3. The van der Waals surface area contributed by atoms with Crippen molar-refractivity contribution in [3.8, 4) is 0 Å². The number of ether oxygens (including phenoxy) is 1. The summed E-state index contributed by atoms with van der Waals surface area (Å²) in [5, 5.41) is 3.37. The molecule has 1 heterocycles. The standard InChI is InChI=1S/C15H19F3N2O/c1-20-4-5-21-13(8-19-10-2-3-10)15(20)9-6-11(16)14(18)12(17)7-9/h6-7,10,13,15,19H,2-5,8H2,1H3. The monoisotopic (exact) mass is 300 g/mol. The lowest BCUT2D eigenvalue weighted by molar-refractivity contribution is -0.0616. The van der Waals surface area contributed by atoms with Crippen molar-refractivity contribution >= 4 is 0 Å². The molecule has 3 nitrogen and oxygen atoms in total. The van der Waals surface area contributed by atoms with E-state index in [1.54, 1.807) is 0 Å². The van der Waals surface area contributed by atoms with Crippen LogP contribution in [-0.2, 0) is 4.74 Å². The first-order valence-corrected chi connectivity index (χ1v) is 7.26. The van der Waals surface area contributed by atoms with Crippen molar-refractivity contribution in [1.29, 1.82) is 0 Å². The molecule has 2 fully saturated rings. The Morgan fingerprint density at radius 2 is 1.90 bits per heavy atom. The van der Waals surface area contributed by atoms with Gasteiger partial charge in [0.25, 0.3) is 0 Å². The quantitative estimate of drug-likeness (QED) is 0.863. The molecule has 3 rings (SSSR count). The molecule has 0 spiro atoms. The average Bonchev–Trinajstić information content (AvgIpc) is 3.26. The highest BCUT2D eigenvalue weighted by Gasteiger charge is 2.34. The molecule has 1 aromatic rings. The Labute approximate surface area is 122 Å². The number of benzene rings is 1. The SMILES string of the molecule is CN1CCOC(CNC2CC2)C1c1cc(F)c(F)c(F)c1. The Bertz CT molecular complexity index is 499. The summed E-state index contributed by atoms with van der Waals surface area (Å²) in [6.07, 6.45) is 2.12. The van der Waals surface area contributed by atoms with E-state index in [1.807, 2.05) is 11.9 Å². The molecular weight excluding hydrogens is 281 g/mol. The zero-order chi connectivity index (χ0) is 15.0. The Kier molecular flexibility index (Phi) is 4.19. The summed E-state index contributed by atoms with van der Waals surface area (Å²) in [6.45, 7) is 1.88. The minimum absolute atomic E-state index is 0.200. The molecule has 0 amide bonds. The normalized spacial score (nSPS) is 27.0. The van der Waals surface area contributed by atoms with Gasteiger partial charge in [-0.2, -0.15) is 0 Å². The maximum absolute atomic E-state index is 13.5. The van der Waals surface area contributed by atoms with Gasteiger partial charge in [0.1, 0.15) is 0 Å². The van der Waals surface area contributed by atoms with E-state index in [0.29, 0.717) is 31.3 Å². The van der Waals surface area contributed by atoms with Crippen LogP contribution in [0.2, 0.25) is 0 Å². The molecule has 1 aliphatic carbocycles. The third-order valence-corrected chi connectivity index (χ3v) is 4.14. The molecule has 2 atom stereocenters. The molecule has 0 radical (unpaired) electrons. The number of nitrogens with one attached hydrogen (secondary N) is 1. The smallest absolute Gasteiger partial charge is 0.194 e. The molecule has 21 heavy (non-hydrogen) atoms. The summed E-state index contributed by atoms with van der Waals surface area (Å²) < 4.78 is 45.9. The van der Waals surface area contributed by atoms with Gasteiger partial charge in [-0.05, 0) is 37.6 Å². The van der Waals surface area contributed by atoms with Gasteiger partial charge in [0.05, 0.1) is 18.8 Å². The van der Waals surface area contributed by atoms with Crippen LogP contribution in [0.1, 0.15) is 24.4 Å². The highest BCUT2D eigenvalue weighted by molar-refractivity contribution is 5.24. The fourth-order valence-electron chi connectivity index (χ4n) is 2.82. The van der Waals surface area contributed by atoms with E-state index in [-0.39, 0.29) is 12.1 Å². The second kappa shape index (κ2) is 5.94. The Morgan fingerprint density at radius 1 is 1.24 bits per heavy atom. The summed E-state index contributed by atoms with van der Waals surface area (Å²) in [7, 11) is 1.89. The van der Waals surface area contributed by atoms with Crippen LogP contribution in [0.15, 0.2) is 12.1 Å². The van der Waals surface area contributed by atoms with E-state index in [1.165, 1.54) is 0 Å². The second-order valence-corrected chi connectivity index (χ2v) is 5.82. The van der Waals surface area contributed by atoms with Crippen molar-refractivity contribution in [3.05, 3.63) is 35.1 Å². The van der Waals surface area contributed by atoms with Crippen LogP contribution in [0.25, 0.3) is 0 Å². The summed E-state index contributed by atoms with van der Waals surface area (Å²) in [6, 6.07) is 2.38. The Balaban J connectivity index is 1.83. The van der Waals surface area contributed by atoms with E-state index in [2.05, 4.69) is 5.32 Å². The van der Waals surface area contributed by atoms with Crippen molar-refractivity contribution in [1.82, 2.24) is 10.2 Å². The van der Waals surface area contributed by atoms with Crippen LogP contribution < -0.4 is 5.32 Å². The average molecular weight is 300 g/mol. The molecule has 1 saturated carbocycles. The van der Waals surface area contributed by atoms with Gasteiger partial charge in [0.15, 0.2) is 17.5 Å². The molecule has 1 aliphatic heterocycles. The zero-order valence-electron chi connectivity index (χ0n) is 11.9. The van der Waals surface area contributed by atoms with Crippen molar-refractivity contribution in [2.75, 3.05) is 26.7 Å². The summed E-state index contributed by atoms with van der Waals surface area (Å²) in [4.78, 5) is 1.99.